The summed E-state index contributed by atoms with van der Waals surface area (Å²) in [5, 5.41) is 14.3. The molecule has 0 bridgehead atoms. The van der Waals surface area contributed by atoms with Crippen LogP contribution in [0.2, 0.25) is 0 Å². The van der Waals surface area contributed by atoms with Gasteiger partial charge in [0.15, 0.2) is 5.58 Å². The lowest BCUT2D eigenvalue weighted by Crippen LogP contribution is -2.37. The third kappa shape index (κ3) is 4.40. The third-order valence-corrected chi connectivity index (χ3v) is 5.90. The van der Waals surface area contributed by atoms with Gasteiger partial charge < -0.3 is 19.3 Å². The lowest BCUT2D eigenvalue weighted by Gasteiger charge is -2.29. The second-order valence-corrected chi connectivity index (χ2v) is 7.86. The number of hydrogen-bond donors (Lipinski definition) is 1. The lowest BCUT2D eigenvalue weighted by atomic mass is 9.91. The summed E-state index contributed by atoms with van der Waals surface area (Å²) >= 11 is 0. The number of piperidine rings is 1. The number of halogens is 1. The van der Waals surface area contributed by atoms with Crippen LogP contribution in [0.1, 0.15) is 36.1 Å². The normalized spacial score (nSPS) is 14.9. The van der Waals surface area contributed by atoms with Crippen LogP contribution >= 0.6 is 0 Å². The molecule has 0 saturated carbocycles. The van der Waals surface area contributed by atoms with Crippen molar-refractivity contribution in [3.8, 4) is 5.75 Å². The van der Waals surface area contributed by atoms with E-state index in [2.05, 4.69) is 5.16 Å². The van der Waals surface area contributed by atoms with Crippen molar-refractivity contribution in [1.29, 1.82) is 0 Å². The first kappa shape index (κ1) is 20.2. The maximum atomic E-state index is 13.0. The molecule has 1 fully saturated rings. The number of rotatable bonds is 6. The molecule has 2 heterocycles. The Morgan fingerprint density at radius 3 is 2.67 bits per heavy atom. The summed E-state index contributed by atoms with van der Waals surface area (Å²) in [6.45, 7) is 3.50. The van der Waals surface area contributed by atoms with Crippen LogP contribution < -0.4 is 4.74 Å². The van der Waals surface area contributed by atoms with Gasteiger partial charge in [-0.25, -0.2) is 9.18 Å². The highest BCUT2D eigenvalue weighted by molar-refractivity contribution is 5.84. The van der Waals surface area contributed by atoms with E-state index < -0.39 is 6.09 Å². The van der Waals surface area contributed by atoms with Gasteiger partial charge in [-0.1, -0.05) is 17.3 Å². The summed E-state index contributed by atoms with van der Waals surface area (Å²) in [5.41, 5.74) is 3.44. The minimum Gasteiger partial charge on any atom is -0.488 e. The number of carbonyl (C=O) groups is 1. The zero-order valence-corrected chi connectivity index (χ0v) is 16.9. The minimum absolute atomic E-state index is 0.266. The Morgan fingerprint density at radius 2 is 1.97 bits per heavy atom. The number of amides is 1. The molecular weight excluding hydrogens is 387 g/mol. The molecule has 1 aliphatic rings. The first-order chi connectivity index (χ1) is 14.5. The summed E-state index contributed by atoms with van der Waals surface area (Å²) < 4.78 is 24.5. The number of carboxylic acid groups (broad SMARTS) is 1. The van der Waals surface area contributed by atoms with Gasteiger partial charge in [0, 0.05) is 24.0 Å². The molecule has 1 aliphatic heterocycles. The van der Waals surface area contributed by atoms with Gasteiger partial charge in [0.25, 0.3) is 0 Å². The first-order valence-corrected chi connectivity index (χ1v) is 10.2. The molecule has 0 spiro atoms. The van der Waals surface area contributed by atoms with Gasteiger partial charge in [0.1, 0.15) is 18.2 Å². The minimum atomic E-state index is -0.830. The standard InChI is InChI=1S/C23H25FN2O4/c1-15-21(29-14-17-2-5-18(24)6-3-17)9-7-19-20(25-30-22(15)19)8-4-16-10-12-26(13-11-16)23(27)28/h2-3,5-7,9,16H,4,8,10-14H2,1H3,(H,27,28). The number of benzene rings is 2. The summed E-state index contributed by atoms with van der Waals surface area (Å²) in [7, 11) is 0. The monoisotopic (exact) mass is 412 g/mol. The molecule has 6 nitrogen and oxygen atoms in total. The maximum Gasteiger partial charge on any atom is 0.407 e. The van der Waals surface area contributed by atoms with Crippen molar-refractivity contribution in [3.05, 3.63) is 59.0 Å². The Hall–Kier alpha value is -3.09. The molecule has 158 valence electrons. The molecular formula is C23H25FN2O4. The molecule has 0 atom stereocenters. The summed E-state index contributed by atoms with van der Waals surface area (Å²) in [6, 6.07) is 10.1. The average Bonchev–Trinajstić information content (AvgIpc) is 3.17. The van der Waals surface area contributed by atoms with E-state index in [1.54, 1.807) is 12.1 Å². The number of nitrogens with zero attached hydrogens (tertiary/aromatic N) is 2. The van der Waals surface area contributed by atoms with E-state index in [9.17, 15) is 9.18 Å². The van der Waals surface area contributed by atoms with Crippen LogP contribution in [-0.2, 0) is 13.0 Å². The van der Waals surface area contributed by atoms with Crippen molar-refractivity contribution in [2.45, 2.75) is 39.2 Å². The molecule has 3 aromatic rings. The molecule has 1 aromatic heterocycles. The topological polar surface area (TPSA) is 75.8 Å². The van der Waals surface area contributed by atoms with Crippen molar-refractivity contribution in [2.24, 2.45) is 5.92 Å². The molecule has 2 aromatic carbocycles. The zero-order chi connectivity index (χ0) is 21.1. The predicted molar refractivity (Wildman–Crippen MR) is 110 cm³/mol. The fourth-order valence-corrected chi connectivity index (χ4v) is 4.00. The van der Waals surface area contributed by atoms with E-state index >= 15 is 0 Å². The van der Waals surface area contributed by atoms with E-state index in [0.29, 0.717) is 25.6 Å². The van der Waals surface area contributed by atoms with Crippen LogP contribution in [0.4, 0.5) is 9.18 Å². The molecule has 1 amide bonds. The van der Waals surface area contributed by atoms with Gasteiger partial charge in [-0.15, -0.1) is 0 Å². The quantitative estimate of drug-likeness (QED) is 0.604. The van der Waals surface area contributed by atoms with E-state index in [1.165, 1.54) is 17.0 Å². The Kier molecular flexibility index (Phi) is 5.88. The maximum absolute atomic E-state index is 13.0. The van der Waals surface area contributed by atoms with Crippen LogP contribution in [0.5, 0.6) is 5.75 Å². The first-order valence-electron chi connectivity index (χ1n) is 10.2. The largest absolute Gasteiger partial charge is 0.488 e. The van der Waals surface area contributed by atoms with Crippen molar-refractivity contribution >= 4 is 17.1 Å². The van der Waals surface area contributed by atoms with E-state index in [-0.39, 0.29) is 5.82 Å². The van der Waals surface area contributed by atoms with Crippen LogP contribution in [0.25, 0.3) is 11.0 Å². The predicted octanol–water partition coefficient (Wildman–Crippen LogP) is 5.18. The van der Waals surface area contributed by atoms with E-state index in [0.717, 1.165) is 59.2 Å². The number of fused-ring (bicyclic) bond motifs is 1. The van der Waals surface area contributed by atoms with Crippen LogP contribution in [-0.4, -0.2) is 34.3 Å². The van der Waals surface area contributed by atoms with Crippen LogP contribution in [0, 0.1) is 18.7 Å². The number of aryl methyl sites for hydroxylation is 2. The molecule has 1 saturated heterocycles. The molecule has 0 aliphatic carbocycles. The molecule has 1 N–H and O–H groups in total. The second kappa shape index (κ2) is 8.73. The van der Waals surface area contributed by atoms with Gasteiger partial charge in [0.2, 0.25) is 0 Å². The van der Waals surface area contributed by atoms with Gasteiger partial charge >= 0.3 is 6.09 Å². The SMILES string of the molecule is Cc1c(OCc2ccc(F)cc2)ccc2c(CCC3CCN(C(=O)O)CC3)noc12. The summed E-state index contributed by atoms with van der Waals surface area (Å²) in [5.74, 6) is 0.959. The average molecular weight is 412 g/mol. The molecule has 0 unspecified atom stereocenters. The highest BCUT2D eigenvalue weighted by Gasteiger charge is 2.23. The van der Waals surface area contributed by atoms with Gasteiger partial charge in [0.05, 0.1) is 5.69 Å². The van der Waals surface area contributed by atoms with Crippen molar-refractivity contribution in [2.75, 3.05) is 13.1 Å². The summed E-state index contributed by atoms with van der Waals surface area (Å²) in [6.07, 6.45) is 2.73. The van der Waals surface area contributed by atoms with Gasteiger partial charge in [-0.2, -0.15) is 0 Å². The third-order valence-electron chi connectivity index (χ3n) is 5.90. The Balaban J connectivity index is 1.38. The molecule has 7 heteroatoms. The van der Waals surface area contributed by atoms with Gasteiger partial charge in [-0.05, 0) is 68.4 Å². The number of likely N-dealkylation sites (tertiary alicyclic amines) is 1. The number of aromatic nitrogens is 1. The Morgan fingerprint density at radius 1 is 1.23 bits per heavy atom. The summed E-state index contributed by atoms with van der Waals surface area (Å²) in [4.78, 5) is 12.5. The number of hydrogen-bond acceptors (Lipinski definition) is 4. The van der Waals surface area contributed by atoms with Crippen molar-refractivity contribution < 1.29 is 23.6 Å². The van der Waals surface area contributed by atoms with Crippen LogP contribution in [0.15, 0.2) is 40.9 Å². The highest BCUT2D eigenvalue weighted by Crippen LogP contribution is 2.31. The fraction of sp³-hybridized carbons (Fsp3) is 0.391. The smallest absolute Gasteiger partial charge is 0.407 e. The second-order valence-electron chi connectivity index (χ2n) is 7.86. The molecule has 4 rings (SSSR count). The Labute approximate surface area is 174 Å². The Bertz CT molecular complexity index is 1020. The van der Waals surface area contributed by atoms with Crippen molar-refractivity contribution in [1.82, 2.24) is 10.1 Å². The fourth-order valence-electron chi connectivity index (χ4n) is 4.00. The van der Waals surface area contributed by atoms with Crippen molar-refractivity contribution in [3.63, 3.8) is 0 Å². The number of ether oxygens (including phenoxy) is 1. The zero-order valence-electron chi connectivity index (χ0n) is 16.9. The van der Waals surface area contributed by atoms with Gasteiger partial charge in [-0.3, -0.25) is 0 Å². The highest BCUT2D eigenvalue weighted by atomic mass is 19.1. The lowest BCUT2D eigenvalue weighted by molar-refractivity contribution is 0.123. The van der Waals surface area contributed by atoms with E-state index in [1.807, 2.05) is 19.1 Å². The molecule has 0 radical (unpaired) electrons. The van der Waals surface area contributed by atoms with E-state index in [4.69, 9.17) is 14.4 Å². The van der Waals surface area contributed by atoms with Crippen LogP contribution in [0.3, 0.4) is 0 Å². The molecule has 30 heavy (non-hydrogen) atoms.